The minimum absolute atomic E-state index is 0.147. The molecule has 0 radical (unpaired) electrons. The van der Waals surface area contributed by atoms with Crippen molar-refractivity contribution in [1.29, 1.82) is 0 Å². The number of H-pyrrole nitrogens is 1. The number of benzene rings is 2. The molecule has 2 heterocycles. The molecule has 23 heavy (non-hydrogen) atoms. The molecule has 0 aliphatic carbocycles. The molecule has 1 aliphatic heterocycles. The zero-order chi connectivity index (χ0) is 15.6. The van der Waals surface area contributed by atoms with Gasteiger partial charge in [-0.15, -0.1) is 0 Å². The number of aromatic amines is 1. The topological polar surface area (TPSA) is 19.0 Å². The van der Waals surface area contributed by atoms with E-state index in [4.69, 9.17) is 0 Å². The van der Waals surface area contributed by atoms with E-state index >= 15 is 0 Å². The molecule has 2 aromatic carbocycles. The number of aromatic nitrogens is 1. The van der Waals surface area contributed by atoms with E-state index in [2.05, 4.69) is 34.1 Å². The lowest BCUT2D eigenvalue weighted by Crippen LogP contribution is -2.32. The van der Waals surface area contributed by atoms with E-state index in [0.29, 0.717) is 5.92 Å². The first-order chi connectivity index (χ1) is 11.3. The third-order valence-corrected chi connectivity index (χ3v) is 4.95. The second-order valence-corrected chi connectivity index (χ2v) is 6.50. The van der Waals surface area contributed by atoms with Gasteiger partial charge in [-0.2, -0.15) is 0 Å². The van der Waals surface area contributed by atoms with E-state index in [-0.39, 0.29) is 5.82 Å². The molecule has 1 saturated heterocycles. The third kappa shape index (κ3) is 3.15. The van der Waals surface area contributed by atoms with E-state index < -0.39 is 0 Å². The Morgan fingerprint density at radius 1 is 1.00 bits per heavy atom. The molecule has 0 atom stereocenters. The maximum atomic E-state index is 13.0. The van der Waals surface area contributed by atoms with E-state index in [1.54, 1.807) is 12.1 Å². The molecule has 1 aliphatic rings. The van der Waals surface area contributed by atoms with Crippen molar-refractivity contribution >= 4 is 10.9 Å². The largest absolute Gasteiger partial charge is 0.361 e. The van der Waals surface area contributed by atoms with Crippen molar-refractivity contribution in [1.82, 2.24) is 9.88 Å². The van der Waals surface area contributed by atoms with Gasteiger partial charge in [-0.25, -0.2) is 4.39 Å². The van der Waals surface area contributed by atoms with Gasteiger partial charge in [0.2, 0.25) is 0 Å². The van der Waals surface area contributed by atoms with Gasteiger partial charge in [0, 0.05) is 18.3 Å². The summed E-state index contributed by atoms with van der Waals surface area (Å²) in [5, 5.41) is 1.27. The van der Waals surface area contributed by atoms with Crippen molar-refractivity contribution in [3.05, 3.63) is 71.7 Å². The summed E-state index contributed by atoms with van der Waals surface area (Å²) in [6, 6.07) is 15.8. The molecule has 0 saturated carbocycles. The van der Waals surface area contributed by atoms with Gasteiger partial charge in [0.15, 0.2) is 0 Å². The minimum Gasteiger partial charge on any atom is -0.361 e. The quantitative estimate of drug-likeness (QED) is 0.744. The predicted molar refractivity (Wildman–Crippen MR) is 92.0 cm³/mol. The number of rotatable bonds is 3. The van der Waals surface area contributed by atoms with E-state index in [1.807, 2.05) is 18.3 Å². The third-order valence-electron chi connectivity index (χ3n) is 4.95. The highest BCUT2D eigenvalue weighted by atomic mass is 19.1. The number of piperidine rings is 1. The number of nitrogens with zero attached hydrogens (tertiary/aromatic N) is 1. The summed E-state index contributed by atoms with van der Waals surface area (Å²) in [7, 11) is 0. The zero-order valence-corrected chi connectivity index (χ0v) is 13.1. The normalized spacial score (nSPS) is 16.9. The van der Waals surface area contributed by atoms with E-state index in [9.17, 15) is 4.39 Å². The van der Waals surface area contributed by atoms with Crippen LogP contribution in [-0.2, 0) is 6.54 Å². The average Bonchev–Trinajstić information content (AvgIpc) is 3.04. The summed E-state index contributed by atoms with van der Waals surface area (Å²) in [6.07, 6.45) is 4.29. The van der Waals surface area contributed by atoms with Crippen LogP contribution >= 0.6 is 0 Å². The van der Waals surface area contributed by atoms with Crippen molar-refractivity contribution in [2.45, 2.75) is 25.3 Å². The minimum atomic E-state index is -0.147. The van der Waals surface area contributed by atoms with Crippen LogP contribution in [0.2, 0.25) is 0 Å². The first kappa shape index (κ1) is 14.5. The van der Waals surface area contributed by atoms with Gasteiger partial charge in [0.05, 0.1) is 0 Å². The van der Waals surface area contributed by atoms with Gasteiger partial charge in [0.1, 0.15) is 5.82 Å². The van der Waals surface area contributed by atoms with Gasteiger partial charge in [-0.05, 0) is 72.6 Å². The molecule has 3 aromatic rings. The molecule has 1 N–H and O–H groups in total. The molecule has 2 nitrogen and oxygen atoms in total. The number of hydrogen-bond donors (Lipinski definition) is 1. The average molecular weight is 308 g/mol. The Morgan fingerprint density at radius 2 is 1.78 bits per heavy atom. The van der Waals surface area contributed by atoms with Gasteiger partial charge in [-0.3, -0.25) is 4.90 Å². The molecule has 1 fully saturated rings. The van der Waals surface area contributed by atoms with Crippen molar-refractivity contribution in [2.75, 3.05) is 13.1 Å². The van der Waals surface area contributed by atoms with Crippen LogP contribution in [0.4, 0.5) is 4.39 Å². The Hall–Kier alpha value is -2.13. The molecule has 0 bridgehead atoms. The Bertz CT molecular complexity index is 783. The van der Waals surface area contributed by atoms with E-state index in [1.165, 1.54) is 22.0 Å². The van der Waals surface area contributed by atoms with Crippen molar-refractivity contribution in [3.8, 4) is 0 Å². The van der Waals surface area contributed by atoms with Crippen molar-refractivity contribution in [2.24, 2.45) is 0 Å². The highest BCUT2D eigenvalue weighted by Gasteiger charge is 2.20. The zero-order valence-electron chi connectivity index (χ0n) is 13.1. The predicted octanol–water partition coefficient (Wildman–Crippen LogP) is 4.69. The van der Waals surface area contributed by atoms with Crippen LogP contribution in [0.3, 0.4) is 0 Å². The Kier molecular flexibility index (Phi) is 3.88. The summed E-state index contributed by atoms with van der Waals surface area (Å²) < 4.78 is 13.0. The lowest BCUT2D eigenvalue weighted by atomic mass is 9.89. The molecule has 0 unspecified atom stereocenters. The molecule has 118 valence electrons. The van der Waals surface area contributed by atoms with Crippen LogP contribution in [0, 0.1) is 5.82 Å². The molecule has 0 amide bonds. The second-order valence-electron chi connectivity index (χ2n) is 6.50. The smallest absolute Gasteiger partial charge is 0.123 e. The van der Waals surface area contributed by atoms with Crippen LogP contribution in [-0.4, -0.2) is 23.0 Å². The van der Waals surface area contributed by atoms with Gasteiger partial charge in [-0.1, -0.05) is 24.3 Å². The van der Waals surface area contributed by atoms with Gasteiger partial charge in [0.25, 0.3) is 0 Å². The fourth-order valence-electron chi connectivity index (χ4n) is 3.61. The summed E-state index contributed by atoms with van der Waals surface area (Å²) in [5.74, 6) is 0.420. The molecule has 1 aromatic heterocycles. The van der Waals surface area contributed by atoms with Gasteiger partial charge >= 0.3 is 0 Å². The summed E-state index contributed by atoms with van der Waals surface area (Å²) in [4.78, 5) is 5.80. The SMILES string of the molecule is Fc1ccc(C2CCN(Cc3ccc4cc[nH]c4c3)CC2)cc1. The molecule has 4 rings (SSSR count). The van der Waals surface area contributed by atoms with Crippen molar-refractivity contribution < 1.29 is 4.39 Å². The summed E-state index contributed by atoms with van der Waals surface area (Å²) >= 11 is 0. The summed E-state index contributed by atoms with van der Waals surface area (Å²) in [5.41, 5.74) is 3.85. The number of halogens is 1. The fraction of sp³-hybridized carbons (Fsp3) is 0.300. The maximum Gasteiger partial charge on any atom is 0.123 e. The van der Waals surface area contributed by atoms with Crippen LogP contribution < -0.4 is 0 Å². The Labute approximate surface area is 135 Å². The number of hydrogen-bond acceptors (Lipinski definition) is 1. The van der Waals surface area contributed by atoms with Crippen LogP contribution in [0.25, 0.3) is 10.9 Å². The van der Waals surface area contributed by atoms with Crippen LogP contribution in [0.1, 0.15) is 29.9 Å². The maximum absolute atomic E-state index is 13.0. The molecule has 3 heteroatoms. The molecular formula is C20H21FN2. The highest BCUT2D eigenvalue weighted by molar-refractivity contribution is 5.79. The Balaban J connectivity index is 1.38. The number of fused-ring (bicyclic) bond motifs is 1. The van der Waals surface area contributed by atoms with Crippen LogP contribution in [0.5, 0.6) is 0 Å². The first-order valence-corrected chi connectivity index (χ1v) is 8.32. The first-order valence-electron chi connectivity index (χ1n) is 8.32. The number of nitrogens with one attached hydrogen (secondary N) is 1. The highest BCUT2D eigenvalue weighted by Crippen LogP contribution is 2.29. The monoisotopic (exact) mass is 308 g/mol. The van der Waals surface area contributed by atoms with Crippen molar-refractivity contribution in [3.63, 3.8) is 0 Å². The molecule has 0 spiro atoms. The molecular weight excluding hydrogens is 287 g/mol. The van der Waals surface area contributed by atoms with E-state index in [0.717, 1.165) is 32.5 Å². The van der Waals surface area contributed by atoms with Gasteiger partial charge < -0.3 is 4.98 Å². The van der Waals surface area contributed by atoms with Crippen LogP contribution in [0.15, 0.2) is 54.7 Å². The lowest BCUT2D eigenvalue weighted by Gasteiger charge is -2.32. The fourth-order valence-corrected chi connectivity index (χ4v) is 3.61. The standard InChI is InChI=1S/C20H21FN2/c21-19-5-3-16(4-6-19)17-8-11-23(12-9-17)14-15-1-2-18-7-10-22-20(18)13-15/h1-7,10,13,17,22H,8-9,11-12,14H2. The summed E-state index contributed by atoms with van der Waals surface area (Å²) in [6.45, 7) is 3.21. The number of likely N-dealkylation sites (tertiary alicyclic amines) is 1. The Morgan fingerprint density at radius 3 is 2.57 bits per heavy atom. The second kappa shape index (κ2) is 6.17. The lowest BCUT2D eigenvalue weighted by molar-refractivity contribution is 0.204.